The highest BCUT2D eigenvalue weighted by Gasteiger charge is 2.45. The third-order valence-electron chi connectivity index (χ3n) is 5.32. The van der Waals surface area contributed by atoms with Crippen LogP contribution < -0.4 is 10.6 Å². The maximum absolute atomic E-state index is 12.9. The van der Waals surface area contributed by atoms with Gasteiger partial charge in [0.15, 0.2) is 0 Å². The van der Waals surface area contributed by atoms with Gasteiger partial charge in [-0.2, -0.15) is 0 Å². The first-order chi connectivity index (χ1) is 14.3. The summed E-state index contributed by atoms with van der Waals surface area (Å²) in [4.78, 5) is 26.9. The predicted molar refractivity (Wildman–Crippen MR) is 108 cm³/mol. The molecule has 9 nitrogen and oxygen atoms in total. The van der Waals surface area contributed by atoms with Gasteiger partial charge in [-0.05, 0) is 30.5 Å². The fourth-order valence-corrected chi connectivity index (χ4v) is 5.27. The Labute approximate surface area is 175 Å². The first-order valence-corrected chi connectivity index (χ1v) is 11.5. The molecule has 166 valence electrons. The van der Waals surface area contributed by atoms with Crippen LogP contribution >= 0.6 is 0 Å². The molecule has 11 heteroatoms. The van der Waals surface area contributed by atoms with Crippen LogP contribution in [0.5, 0.6) is 0 Å². The number of hydrogen-bond acceptors (Lipinski definition) is 6. The summed E-state index contributed by atoms with van der Waals surface area (Å²) < 4.78 is 43.8. The number of amides is 3. The van der Waals surface area contributed by atoms with Gasteiger partial charge in [0, 0.05) is 45.9 Å². The van der Waals surface area contributed by atoms with E-state index >= 15 is 0 Å². The van der Waals surface area contributed by atoms with E-state index in [1.54, 1.807) is 12.1 Å². The molecule has 2 heterocycles. The number of benzene rings is 1. The van der Waals surface area contributed by atoms with Crippen molar-refractivity contribution >= 4 is 22.0 Å². The molecule has 2 aliphatic heterocycles. The molecule has 0 bridgehead atoms. The number of methoxy groups -OCH3 is 1. The predicted octanol–water partition coefficient (Wildman–Crippen LogP) is 0.276. The van der Waals surface area contributed by atoms with E-state index in [1.807, 2.05) is 4.90 Å². The number of rotatable bonds is 7. The van der Waals surface area contributed by atoms with Crippen molar-refractivity contribution in [1.82, 2.24) is 19.8 Å². The Kier molecular flexibility index (Phi) is 7.27. The summed E-state index contributed by atoms with van der Waals surface area (Å²) in [5, 5.41) is 5.55. The van der Waals surface area contributed by atoms with Crippen LogP contribution in [0.15, 0.2) is 24.3 Å². The summed E-state index contributed by atoms with van der Waals surface area (Å²) in [6.07, 6.45) is 0.779. The van der Waals surface area contributed by atoms with Crippen LogP contribution in [0.4, 0.5) is 9.18 Å². The zero-order valence-corrected chi connectivity index (χ0v) is 17.7. The summed E-state index contributed by atoms with van der Waals surface area (Å²) in [7, 11) is -2.13. The molecule has 0 saturated carbocycles. The maximum atomic E-state index is 12.9. The number of nitrogens with one attached hydrogen (secondary N) is 2. The van der Waals surface area contributed by atoms with Crippen LogP contribution in [0, 0.1) is 5.82 Å². The highest BCUT2D eigenvalue weighted by Crippen LogP contribution is 2.25. The van der Waals surface area contributed by atoms with E-state index in [0.717, 1.165) is 9.87 Å². The van der Waals surface area contributed by atoms with Crippen molar-refractivity contribution in [1.29, 1.82) is 0 Å². The Balaban J connectivity index is 1.55. The number of fused-ring (bicyclic) bond motifs is 1. The Morgan fingerprint density at radius 1 is 1.30 bits per heavy atom. The number of carbonyl (C=O) groups excluding carboxylic acids is 2. The number of nitrogens with zero attached hydrogens (tertiary/aromatic N) is 2. The van der Waals surface area contributed by atoms with Crippen molar-refractivity contribution in [2.75, 3.05) is 39.1 Å². The number of halogens is 1. The molecule has 2 fully saturated rings. The van der Waals surface area contributed by atoms with Crippen LogP contribution in [0.1, 0.15) is 18.4 Å². The summed E-state index contributed by atoms with van der Waals surface area (Å²) in [5.74, 6) is -0.921. The number of hydrogen-bond donors (Lipinski definition) is 2. The fraction of sp³-hybridized carbons (Fsp3) is 0.579. The molecule has 3 amide bonds. The van der Waals surface area contributed by atoms with Crippen molar-refractivity contribution < 1.29 is 27.1 Å². The van der Waals surface area contributed by atoms with Crippen LogP contribution in [0.2, 0.25) is 0 Å². The Bertz CT molecular complexity index is 864. The normalized spacial score (nSPS) is 23.7. The Hall–Kier alpha value is -2.24. The molecule has 0 radical (unpaired) electrons. The van der Waals surface area contributed by atoms with E-state index in [0.29, 0.717) is 26.0 Å². The minimum absolute atomic E-state index is 0.0929. The lowest BCUT2D eigenvalue weighted by Crippen LogP contribution is -2.45. The quantitative estimate of drug-likeness (QED) is 0.587. The van der Waals surface area contributed by atoms with Gasteiger partial charge in [0.25, 0.3) is 5.91 Å². The third-order valence-corrected chi connectivity index (χ3v) is 7.05. The molecule has 2 aliphatic rings. The molecular weight excluding hydrogens is 415 g/mol. The van der Waals surface area contributed by atoms with Gasteiger partial charge in [-0.15, -0.1) is 0 Å². The lowest BCUT2D eigenvalue weighted by Gasteiger charge is -2.23. The second-order valence-corrected chi connectivity index (χ2v) is 9.48. The summed E-state index contributed by atoms with van der Waals surface area (Å²) in [6, 6.07) is 4.59. The van der Waals surface area contributed by atoms with Gasteiger partial charge in [-0.3, -0.25) is 9.69 Å². The lowest BCUT2D eigenvalue weighted by atomic mass is 10.1. The number of ether oxygens (including phenoxy) is 1. The molecule has 0 unspecified atom stereocenters. The molecule has 2 atom stereocenters. The summed E-state index contributed by atoms with van der Waals surface area (Å²) in [5.41, 5.74) is 0.763. The highest BCUT2D eigenvalue weighted by molar-refractivity contribution is 7.89. The molecule has 30 heavy (non-hydrogen) atoms. The van der Waals surface area contributed by atoms with Gasteiger partial charge in [0.1, 0.15) is 5.82 Å². The Morgan fingerprint density at radius 3 is 2.73 bits per heavy atom. The van der Waals surface area contributed by atoms with E-state index in [-0.39, 0.29) is 43.3 Å². The van der Waals surface area contributed by atoms with Gasteiger partial charge in [-0.25, -0.2) is 21.9 Å². The van der Waals surface area contributed by atoms with E-state index in [2.05, 4.69) is 10.6 Å². The Morgan fingerprint density at radius 2 is 2.03 bits per heavy atom. The largest absolute Gasteiger partial charge is 0.385 e. The topological polar surface area (TPSA) is 108 Å². The first-order valence-electron chi connectivity index (χ1n) is 9.86. The average Bonchev–Trinajstić information content (AvgIpc) is 3.08. The summed E-state index contributed by atoms with van der Waals surface area (Å²) >= 11 is 0. The maximum Gasteiger partial charge on any atom is 0.315 e. The molecule has 2 saturated heterocycles. The monoisotopic (exact) mass is 442 g/mol. The van der Waals surface area contributed by atoms with Crippen LogP contribution in [-0.2, 0) is 26.1 Å². The van der Waals surface area contributed by atoms with Crippen molar-refractivity contribution in [2.45, 2.75) is 31.5 Å². The SMILES string of the molecule is COCCCN1C(=O)[C@@H]2C[C@H](NC(=O)NCc3ccc(F)cc3)CN2CCS1(=O)=O. The van der Waals surface area contributed by atoms with Crippen LogP contribution in [0.3, 0.4) is 0 Å². The van der Waals surface area contributed by atoms with Gasteiger partial charge < -0.3 is 15.4 Å². The third kappa shape index (κ3) is 5.46. The minimum atomic E-state index is -3.65. The smallest absolute Gasteiger partial charge is 0.315 e. The zero-order valence-electron chi connectivity index (χ0n) is 16.8. The first kappa shape index (κ1) is 22.4. The molecule has 0 spiro atoms. The second kappa shape index (κ2) is 9.71. The zero-order chi connectivity index (χ0) is 21.7. The fourth-order valence-electron chi connectivity index (χ4n) is 3.78. The van der Waals surface area contributed by atoms with E-state index in [4.69, 9.17) is 4.74 Å². The standard InChI is InChI=1S/C19H27FN4O5S/c1-29-9-2-7-24-18(25)17-11-16(13-23(17)8-10-30(24,27)28)22-19(26)21-12-14-3-5-15(20)6-4-14/h3-6,16-17H,2,7-13H2,1H3,(H2,21,22,26)/t16-,17-/m0/s1. The van der Waals surface area contributed by atoms with Gasteiger partial charge >= 0.3 is 6.03 Å². The molecule has 0 aliphatic carbocycles. The lowest BCUT2D eigenvalue weighted by molar-refractivity contribution is -0.130. The van der Waals surface area contributed by atoms with Crippen LogP contribution in [0.25, 0.3) is 0 Å². The molecule has 2 N–H and O–H groups in total. The number of sulfonamides is 1. The van der Waals surface area contributed by atoms with Crippen molar-refractivity contribution in [2.24, 2.45) is 0 Å². The van der Waals surface area contributed by atoms with E-state index in [1.165, 1.54) is 19.2 Å². The summed E-state index contributed by atoms with van der Waals surface area (Å²) in [6.45, 7) is 1.36. The molecule has 3 rings (SSSR count). The van der Waals surface area contributed by atoms with Gasteiger partial charge in [0.05, 0.1) is 11.8 Å². The highest BCUT2D eigenvalue weighted by atomic mass is 32.2. The minimum Gasteiger partial charge on any atom is -0.385 e. The van der Waals surface area contributed by atoms with E-state index in [9.17, 15) is 22.4 Å². The molecular formula is C19H27FN4O5S. The molecule has 1 aromatic carbocycles. The number of urea groups is 1. The molecule has 1 aromatic rings. The van der Waals surface area contributed by atoms with Crippen molar-refractivity contribution in [3.05, 3.63) is 35.6 Å². The van der Waals surface area contributed by atoms with Gasteiger partial charge in [0.2, 0.25) is 10.0 Å². The van der Waals surface area contributed by atoms with Crippen molar-refractivity contribution in [3.63, 3.8) is 0 Å². The van der Waals surface area contributed by atoms with E-state index < -0.39 is 22.0 Å². The molecule has 0 aromatic heterocycles. The van der Waals surface area contributed by atoms with Crippen LogP contribution in [-0.4, -0.2) is 80.7 Å². The average molecular weight is 443 g/mol. The van der Waals surface area contributed by atoms with Crippen molar-refractivity contribution in [3.8, 4) is 0 Å². The number of carbonyl (C=O) groups is 2. The second-order valence-electron chi connectivity index (χ2n) is 7.47. The van der Waals surface area contributed by atoms with Gasteiger partial charge in [-0.1, -0.05) is 12.1 Å².